The van der Waals surface area contributed by atoms with Crippen molar-refractivity contribution in [2.24, 2.45) is 0 Å². The maximum Gasteiger partial charge on any atom is 0.326 e. The van der Waals surface area contributed by atoms with E-state index in [1.165, 1.54) is 0 Å². The molecule has 2 aliphatic heterocycles. The Morgan fingerprint density at radius 3 is 2.67 bits per heavy atom. The summed E-state index contributed by atoms with van der Waals surface area (Å²) in [6.45, 7) is 1.77. The highest BCUT2D eigenvalue weighted by molar-refractivity contribution is 5.82. The summed E-state index contributed by atoms with van der Waals surface area (Å²) in [6, 6.07) is 7.54. The van der Waals surface area contributed by atoms with Gasteiger partial charge in [-0.25, -0.2) is 4.79 Å². The number of aliphatic hydroxyl groups is 1. The van der Waals surface area contributed by atoms with Crippen molar-refractivity contribution >= 4 is 16.9 Å². The molecule has 0 spiro atoms. The van der Waals surface area contributed by atoms with Gasteiger partial charge in [0.1, 0.15) is 0 Å². The van der Waals surface area contributed by atoms with Crippen molar-refractivity contribution < 1.29 is 9.90 Å². The zero-order chi connectivity index (χ0) is 16.7. The Balaban J connectivity index is 1.47. The largest absolute Gasteiger partial charge is 0.392 e. The molecule has 7 nitrogen and oxygen atoms in total. The van der Waals surface area contributed by atoms with E-state index in [1.807, 2.05) is 33.7 Å². The summed E-state index contributed by atoms with van der Waals surface area (Å²) >= 11 is 0. The second kappa shape index (κ2) is 6.07. The number of carbonyl (C=O) groups is 1. The highest BCUT2D eigenvalue weighted by Gasteiger charge is 2.33. The molecule has 1 aromatic heterocycles. The number of fused-ring (bicyclic) bond motifs is 1. The van der Waals surface area contributed by atoms with Crippen LogP contribution in [0.5, 0.6) is 0 Å². The van der Waals surface area contributed by atoms with Gasteiger partial charge in [-0.15, -0.1) is 0 Å². The molecule has 2 aromatic rings. The molecule has 7 heteroatoms. The molecule has 0 unspecified atom stereocenters. The van der Waals surface area contributed by atoms with Crippen molar-refractivity contribution in [2.75, 3.05) is 19.6 Å². The molecular formula is C17H22N4O3. The highest BCUT2D eigenvalue weighted by Crippen LogP contribution is 2.25. The van der Waals surface area contributed by atoms with Gasteiger partial charge in [0.2, 0.25) is 5.91 Å². The fraction of sp³-hybridized carbons (Fsp3) is 0.529. The van der Waals surface area contributed by atoms with E-state index in [9.17, 15) is 14.7 Å². The zero-order valence-electron chi connectivity index (χ0n) is 13.4. The van der Waals surface area contributed by atoms with Gasteiger partial charge in [0, 0.05) is 25.7 Å². The lowest BCUT2D eigenvalue weighted by Crippen LogP contribution is -2.47. The number of hydrogen-bond acceptors (Lipinski definition) is 4. The number of β-amino-alcohol motifs (C(OH)–C–C–N with tert-alkyl or cyclic N) is 1. The lowest BCUT2D eigenvalue weighted by molar-refractivity contribution is -0.134. The van der Waals surface area contributed by atoms with E-state index in [0.29, 0.717) is 26.1 Å². The van der Waals surface area contributed by atoms with E-state index in [-0.39, 0.29) is 23.7 Å². The topological polar surface area (TPSA) is 90.4 Å². The maximum absolute atomic E-state index is 12.5. The Morgan fingerprint density at radius 2 is 1.96 bits per heavy atom. The summed E-state index contributed by atoms with van der Waals surface area (Å²) in [7, 11) is 0. The van der Waals surface area contributed by atoms with Crippen molar-refractivity contribution in [3.8, 4) is 0 Å². The van der Waals surface area contributed by atoms with Crippen molar-refractivity contribution in [1.82, 2.24) is 19.8 Å². The van der Waals surface area contributed by atoms with Crippen LogP contribution < -0.4 is 11.0 Å². The summed E-state index contributed by atoms with van der Waals surface area (Å²) in [6.07, 6.45) is 1.59. The van der Waals surface area contributed by atoms with Crippen LogP contribution in [0.15, 0.2) is 29.1 Å². The first kappa shape index (κ1) is 15.4. The van der Waals surface area contributed by atoms with E-state index >= 15 is 0 Å². The van der Waals surface area contributed by atoms with Crippen LogP contribution >= 0.6 is 0 Å². The lowest BCUT2D eigenvalue weighted by Gasteiger charge is -2.34. The number of amides is 1. The Bertz CT molecular complexity index is 804. The standard InChI is InChI=1S/C17H22N4O3/c22-12-9-14(18-10-12)16(23)20-7-5-11(6-8-20)21-15-4-2-1-3-13(15)19-17(21)24/h1-4,11-12,14,18,22H,5-10H2,(H,19,24)/t12-,14-/m1/s1. The van der Waals surface area contributed by atoms with E-state index in [0.717, 1.165) is 23.9 Å². The Labute approximate surface area is 139 Å². The third kappa shape index (κ3) is 2.63. The Kier molecular flexibility index (Phi) is 3.90. The zero-order valence-corrected chi connectivity index (χ0v) is 13.4. The molecule has 128 valence electrons. The third-order valence-corrected chi connectivity index (χ3v) is 5.17. The first-order valence-corrected chi connectivity index (χ1v) is 8.53. The van der Waals surface area contributed by atoms with Gasteiger partial charge in [-0.05, 0) is 31.4 Å². The van der Waals surface area contributed by atoms with Gasteiger partial charge in [-0.2, -0.15) is 0 Å². The minimum absolute atomic E-state index is 0.0660. The molecule has 3 N–H and O–H groups in total. The monoisotopic (exact) mass is 330 g/mol. The van der Waals surface area contributed by atoms with E-state index in [4.69, 9.17) is 0 Å². The third-order valence-electron chi connectivity index (χ3n) is 5.17. The number of para-hydroxylation sites is 2. The van der Waals surface area contributed by atoms with Crippen LogP contribution in [-0.4, -0.2) is 57.2 Å². The van der Waals surface area contributed by atoms with Crippen LogP contribution in [0.25, 0.3) is 11.0 Å². The molecule has 0 radical (unpaired) electrons. The number of nitrogens with one attached hydrogen (secondary N) is 2. The molecule has 0 bridgehead atoms. The van der Waals surface area contributed by atoms with Gasteiger partial charge in [-0.3, -0.25) is 9.36 Å². The predicted molar refractivity (Wildman–Crippen MR) is 89.8 cm³/mol. The molecule has 2 saturated heterocycles. The average Bonchev–Trinajstić information content (AvgIpc) is 3.17. The average molecular weight is 330 g/mol. The van der Waals surface area contributed by atoms with E-state index in [1.54, 1.807) is 0 Å². The number of H-pyrrole nitrogens is 1. The van der Waals surface area contributed by atoms with Gasteiger partial charge in [-0.1, -0.05) is 12.1 Å². The summed E-state index contributed by atoms with van der Waals surface area (Å²) in [5, 5.41) is 12.6. The number of carbonyl (C=O) groups excluding carboxylic acids is 1. The molecule has 1 aromatic carbocycles. The van der Waals surface area contributed by atoms with Crippen LogP contribution in [0.2, 0.25) is 0 Å². The predicted octanol–water partition coefficient (Wildman–Crippen LogP) is 0.216. The second-order valence-corrected chi connectivity index (χ2v) is 6.72. The number of aromatic amines is 1. The van der Waals surface area contributed by atoms with Gasteiger partial charge in [0.25, 0.3) is 0 Å². The molecular weight excluding hydrogens is 308 g/mol. The van der Waals surface area contributed by atoms with Crippen LogP contribution in [0.3, 0.4) is 0 Å². The van der Waals surface area contributed by atoms with Gasteiger partial charge >= 0.3 is 5.69 Å². The normalized spacial score (nSPS) is 25.5. The number of nitrogens with zero attached hydrogens (tertiary/aromatic N) is 2. The van der Waals surface area contributed by atoms with Crippen LogP contribution in [0.1, 0.15) is 25.3 Å². The number of benzene rings is 1. The highest BCUT2D eigenvalue weighted by atomic mass is 16.3. The Hall–Kier alpha value is -2.12. The quantitative estimate of drug-likeness (QED) is 0.734. The van der Waals surface area contributed by atoms with Crippen LogP contribution in [0.4, 0.5) is 0 Å². The molecule has 4 rings (SSSR count). The van der Waals surface area contributed by atoms with Crippen molar-refractivity contribution in [1.29, 1.82) is 0 Å². The summed E-state index contributed by atoms with van der Waals surface area (Å²) in [4.78, 5) is 29.5. The molecule has 1 amide bonds. The molecule has 2 atom stereocenters. The molecule has 0 saturated carbocycles. The molecule has 3 heterocycles. The molecule has 2 aliphatic rings. The number of likely N-dealkylation sites (tertiary alicyclic amines) is 1. The Morgan fingerprint density at radius 1 is 1.21 bits per heavy atom. The number of hydrogen-bond donors (Lipinski definition) is 3. The minimum atomic E-state index is -0.429. The molecule has 2 fully saturated rings. The van der Waals surface area contributed by atoms with Crippen LogP contribution in [0, 0.1) is 0 Å². The van der Waals surface area contributed by atoms with E-state index in [2.05, 4.69) is 10.3 Å². The van der Waals surface area contributed by atoms with Gasteiger partial charge < -0.3 is 20.3 Å². The lowest BCUT2D eigenvalue weighted by atomic mass is 10.0. The number of aromatic nitrogens is 2. The van der Waals surface area contributed by atoms with E-state index < -0.39 is 6.10 Å². The molecule has 24 heavy (non-hydrogen) atoms. The number of rotatable bonds is 2. The first-order valence-electron chi connectivity index (χ1n) is 8.53. The van der Waals surface area contributed by atoms with Crippen molar-refractivity contribution in [2.45, 2.75) is 37.5 Å². The van der Waals surface area contributed by atoms with Crippen molar-refractivity contribution in [3.05, 3.63) is 34.7 Å². The maximum atomic E-state index is 12.5. The summed E-state index contributed by atoms with van der Waals surface area (Å²) < 4.78 is 1.83. The molecule has 0 aliphatic carbocycles. The second-order valence-electron chi connectivity index (χ2n) is 6.72. The summed E-state index contributed by atoms with van der Waals surface area (Å²) in [5.74, 6) is 0.0660. The van der Waals surface area contributed by atoms with Crippen molar-refractivity contribution in [3.63, 3.8) is 0 Å². The number of imidazole rings is 1. The fourth-order valence-corrected chi connectivity index (χ4v) is 3.91. The SMILES string of the molecule is O=C([C@H]1C[C@@H](O)CN1)N1CCC(n2c(=O)[nH]c3ccccc32)CC1. The summed E-state index contributed by atoms with van der Waals surface area (Å²) in [5.41, 5.74) is 1.69. The smallest absolute Gasteiger partial charge is 0.326 e. The number of piperidine rings is 1. The van der Waals surface area contributed by atoms with Crippen LogP contribution in [-0.2, 0) is 4.79 Å². The fourth-order valence-electron chi connectivity index (χ4n) is 3.91. The minimum Gasteiger partial charge on any atom is -0.392 e. The first-order chi connectivity index (χ1) is 11.6. The number of aliphatic hydroxyl groups excluding tert-OH is 1. The van der Waals surface area contributed by atoms with Gasteiger partial charge in [0.05, 0.1) is 23.2 Å². The van der Waals surface area contributed by atoms with Gasteiger partial charge in [0.15, 0.2) is 0 Å².